The summed E-state index contributed by atoms with van der Waals surface area (Å²) in [5.41, 5.74) is 3.21. The first-order valence-corrected chi connectivity index (χ1v) is 15.7. The van der Waals surface area contributed by atoms with Gasteiger partial charge in [0.05, 0.1) is 23.7 Å². The van der Waals surface area contributed by atoms with Gasteiger partial charge in [0, 0.05) is 24.4 Å². The predicted octanol–water partition coefficient (Wildman–Crippen LogP) is 7.07. The summed E-state index contributed by atoms with van der Waals surface area (Å²) in [6.07, 6.45) is -4.80. The number of aromatic nitrogens is 3. The molecule has 11 nitrogen and oxygen atoms in total. The van der Waals surface area contributed by atoms with Gasteiger partial charge >= 0.3 is 12.4 Å². The number of halogens is 3. The van der Waals surface area contributed by atoms with E-state index in [0.29, 0.717) is 59.3 Å². The Morgan fingerprint density at radius 1 is 1.06 bits per heavy atom. The van der Waals surface area contributed by atoms with E-state index in [1.165, 1.54) is 45.6 Å². The molecule has 0 atom stereocenters. The van der Waals surface area contributed by atoms with Crippen LogP contribution >= 0.6 is 11.8 Å². The van der Waals surface area contributed by atoms with Gasteiger partial charge in [0.15, 0.2) is 11.0 Å². The third-order valence-corrected chi connectivity index (χ3v) is 7.74. The second-order valence-electron chi connectivity index (χ2n) is 10.5. The largest absolute Gasteiger partial charge is 0.573 e. The van der Waals surface area contributed by atoms with Crippen LogP contribution in [-0.2, 0) is 9.53 Å². The molecule has 5 rings (SSSR count). The molecule has 0 radical (unpaired) electrons. The molecule has 47 heavy (non-hydrogen) atoms. The lowest BCUT2D eigenvalue weighted by Gasteiger charge is -2.21. The van der Waals surface area contributed by atoms with Crippen molar-refractivity contribution >= 4 is 46.2 Å². The van der Waals surface area contributed by atoms with Gasteiger partial charge in [-0.2, -0.15) is 14.7 Å². The molecule has 0 saturated carbocycles. The first-order chi connectivity index (χ1) is 22.5. The lowest BCUT2D eigenvalue weighted by atomic mass is 10.0. The summed E-state index contributed by atoms with van der Waals surface area (Å²) in [6, 6.07) is 18.9. The zero-order valence-corrected chi connectivity index (χ0v) is 26.6. The third kappa shape index (κ3) is 8.48. The maximum Gasteiger partial charge on any atom is 0.573 e. The molecule has 15 heteroatoms. The average Bonchev–Trinajstić information content (AvgIpc) is 3.62. The fraction of sp³-hybridized carbons (Fsp3) is 0.281. The van der Waals surface area contributed by atoms with E-state index in [1.807, 2.05) is 45.0 Å². The molecule has 0 unspecified atom stereocenters. The summed E-state index contributed by atoms with van der Waals surface area (Å²) in [5, 5.41) is 10.7. The van der Waals surface area contributed by atoms with Crippen LogP contribution in [0.1, 0.15) is 32.3 Å². The Morgan fingerprint density at radius 2 is 1.79 bits per heavy atom. The molecule has 4 aromatic rings. The number of urea groups is 1. The number of para-hydroxylation sites is 1. The number of amidine groups is 1. The number of hydrogen-bond donors (Lipinski definition) is 2. The molecule has 2 N–H and O–H groups in total. The number of aliphatic imine (C=N–C) groups is 1. The monoisotopic (exact) mass is 667 g/mol. The van der Waals surface area contributed by atoms with Crippen LogP contribution in [0, 0.1) is 0 Å². The van der Waals surface area contributed by atoms with Crippen molar-refractivity contribution in [3.05, 3.63) is 78.4 Å². The van der Waals surface area contributed by atoms with E-state index in [2.05, 4.69) is 30.4 Å². The number of benzene rings is 3. The molecule has 1 aliphatic heterocycles. The van der Waals surface area contributed by atoms with E-state index < -0.39 is 12.4 Å². The van der Waals surface area contributed by atoms with E-state index in [1.54, 1.807) is 24.3 Å². The smallest absolute Gasteiger partial charge is 0.406 e. The zero-order chi connectivity index (χ0) is 33.6. The number of carbonyl (C=O) groups excluding carboxylic acids is 2. The number of alkyl halides is 3. The third-order valence-electron chi connectivity index (χ3n) is 6.81. The van der Waals surface area contributed by atoms with Gasteiger partial charge in [0.1, 0.15) is 5.75 Å². The molecule has 3 aromatic carbocycles. The van der Waals surface area contributed by atoms with Crippen molar-refractivity contribution < 1.29 is 32.2 Å². The standard InChI is InChI=1S/C32H32F3N7O4S/c1-4-45-18-17-36-29-38-28(40-42(29)23-13-15-24(16-14-23)46-32(33,34)35)21-9-11-22(12-10-21)37-30(44)39-31-41(27(43)19-47-31)26-8-6-5-7-25(26)20(2)3/h5-16,20H,4,17-19H2,1-3H3,(H,37,44)(H,36,38,40). The van der Waals surface area contributed by atoms with Crippen molar-refractivity contribution in [2.24, 2.45) is 4.99 Å². The number of hydrogen-bond acceptors (Lipinski definition) is 8. The summed E-state index contributed by atoms with van der Waals surface area (Å²) >= 11 is 1.20. The molecule has 0 spiro atoms. The maximum atomic E-state index is 12.9. The number of nitrogens with zero attached hydrogens (tertiary/aromatic N) is 5. The van der Waals surface area contributed by atoms with Gasteiger partial charge in [-0.05, 0) is 73.0 Å². The van der Waals surface area contributed by atoms with Crippen LogP contribution in [0.2, 0.25) is 0 Å². The fourth-order valence-electron chi connectivity index (χ4n) is 4.70. The Labute approximate surface area is 273 Å². The van der Waals surface area contributed by atoms with Crippen molar-refractivity contribution in [2.45, 2.75) is 33.1 Å². The highest BCUT2D eigenvalue weighted by Gasteiger charge is 2.32. The van der Waals surface area contributed by atoms with Gasteiger partial charge in [-0.25, -0.2) is 4.79 Å². The molecular weight excluding hydrogens is 635 g/mol. The lowest BCUT2D eigenvalue weighted by Crippen LogP contribution is -2.31. The molecule has 246 valence electrons. The van der Waals surface area contributed by atoms with Crippen LogP contribution in [0.25, 0.3) is 17.1 Å². The first kappa shape index (κ1) is 33.5. The minimum Gasteiger partial charge on any atom is -0.406 e. The minimum absolute atomic E-state index is 0.150. The summed E-state index contributed by atoms with van der Waals surface area (Å²) in [4.78, 5) is 35.9. The minimum atomic E-state index is -4.80. The molecule has 0 bridgehead atoms. The van der Waals surface area contributed by atoms with Gasteiger partial charge < -0.3 is 20.1 Å². The zero-order valence-electron chi connectivity index (χ0n) is 25.7. The van der Waals surface area contributed by atoms with Gasteiger partial charge in [-0.1, -0.05) is 43.8 Å². The molecule has 3 amide bonds. The Balaban J connectivity index is 1.33. The Morgan fingerprint density at radius 3 is 2.47 bits per heavy atom. The lowest BCUT2D eigenvalue weighted by molar-refractivity contribution is -0.274. The van der Waals surface area contributed by atoms with Crippen LogP contribution < -0.4 is 20.3 Å². The van der Waals surface area contributed by atoms with E-state index in [-0.39, 0.29) is 23.3 Å². The van der Waals surface area contributed by atoms with Gasteiger partial charge in [-0.15, -0.1) is 18.3 Å². The van der Waals surface area contributed by atoms with Crippen LogP contribution in [0.3, 0.4) is 0 Å². The second-order valence-corrected chi connectivity index (χ2v) is 11.4. The molecule has 0 aliphatic carbocycles. The second kappa shape index (κ2) is 14.7. The van der Waals surface area contributed by atoms with Crippen molar-refractivity contribution in [3.8, 4) is 22.8 Å². The topological polar surface area (TPSA) is 123 Å². The summed E-state index contributed by atoms with van der Waals surface area (Å²) in [6.45, 7) is 7.31. The van der Waals surface area contributed by atoms with Gasteiger partial charge in [-0.3, -0.25) is 9.69 Å². The highest BCUT2D eigenvalue weighted by molar-refractivity contribution is 8.15. The van der Waals surface area contributed by atoms with E-state index in [9.17, 15) is 22.8 Å². The average molecular weight is 668 g/mol. The molecule has 1 aromatic heterocycles. The first-order valence-electron chi connectivity index (χ1n) is 14.7. The number of amides is 3. The van der Waals surface area contributed by atoms with Crippen LogP contribution in [-0.4, -0.2) is 63.7 Å². The molecule has 1 fully saturated rings. The van der Waals surface area contributed by atoms with Gasteiger partial charge in [0.2, 0.25) is 11.9 Å². The van der Waals surface area contributed by atoms with E-state index >= 15 is 0 Å². The van der Waals surface area contributed by atoms with Crippen molar-refractivity contribution in [1.82, 2.24) is 14.8 Å². The summed E-state index contributed by atoms with van der Waals surface area (Å²) in [5.74, 6) is 0.521. The maximum absolute atomic E-state index is 12.9. The van der Waals surface area contributed by atoms with Gasteiger partial charge in [0.25, 0.3) is 0 Å². The number of rotatable bonds is 11. The Bertz CT molecular complexity index is 1740. The quantitative estimate of drug-likeness (QED) is 0.163. The van der Waals surface area contributed by atoms with Crippen LogP contribution in [0.15, 0.2) is 77.8 Å². The fourth-order valence-corrected chi connectivity index (χ4v) is 5.56. The van der Waals surface area contributed by atoms with Crippen molar-refractivity contribution in [2.75, 3.05) is 41.0 Å². The number of ether oxygens (including phenoxy) is 2. The van der Waals surface area contributed by atoms with E-state index in [4.69, 9.17) is 4.74 Å². The molecular formula is C32H32F3N7O4S. The highest BCUT2D eigenvalue weighted by atomic mass is 32.2. The van der Waals surface area contributed by atoms with Crippen LogP contribution in [0.5, 0.6) is 5.75 Å². The van der Waals surface area contributed by atoms with Crippen molar-refractivity contribution in [1.29, 1.82) is 0 Å². The number of anilines is 3. The van der Waals surface area contributed by atoms with Crippen molar-refractivity contribution in [3.63, 3.8) is 0 Å². The Hall–Kier alpha value is -4.89. The highest BCUT2D eigenvalue weighted by Crippen LogP contribution is 2.33. The number of carbonyl (C=O) groups is 2. The molecule has 2 heterocycles. The number of nitrogens with one attached hydrogen (secondary N) is 2. The van der Waals surface area contributed by atoms with Crippen LogP contribution in [0.4, 0.5) is 35.3 Å². The summed E-state index contributed by atoms with van der Waals surface area (Å²) < 4.78 is 48.7. The van der Waals surface area contributed by atoms with E-state index in [0.717, 1.165) is 5.56 Å². The number of thioether (sulfide) groups is 1. The predicted molar refractivity (Wildman–Crippen MR) is 175 cm³/mol. The molecule has 1 saturated heterocycles. The Kier molecular flexibility index (Phi) is 10.5. The SMILES string of the molecule is CCOCCNc1nc(-c2ccc(NC(=O)N=C3SCC(=O)N3c3ccccc3C(C)C)cc2)nn1-c1ccc(OC(F)(F)F)cc1. The molecule has 1 aliphatic rings. The summed E-state index contributed by atoms with van der Waals surface area (Å²) in [7, 11) is 0. The normalized spacial score (nSPS) is 14.2.